The Kier molecular flexibility index (Phi) is 3.89. The van der Waals surface area contributed by atoms with Gasteiger partial charge in [-0.25, -0.2) is 4.79 Å². The molecule has 0 aliphatic heterocycles. The Balaban J connectivity index is 1.89. The molecular weight excluding hydrogens is 336 g/mol. The highest BCUT2D eigenvalue weighted by atomic mass is 32.1. The van der Waals surface area contributed by atoms with E-state index in [1.807, 2.05) is 42.6 Å². The summed E-state index contributed by atoms with van der Waals surface area (Å²) in [4.78, 5) is 25.7. The first-order chi connectivity index (χ1) is 12.1. The van der Waals surface area contributed by atoms with Crippen LogP contribution in [0.5, 0.6) is 0 Å². The molecule has 0 radical (unpaired) electrons. The summed E-state index contributed by atoms with van der Waals surface area (Å²) < 4.78 is 8.79. The molecule has 126 valence electrons. The van der Waals surface area contributed by atoms with Gasteiger partial charge in [-0.15, -0.1) is 11.3 Å². The monoisotopic (exact) mass is 352 g/mol. The van der Waals surface area contributed by atoms with Gasteiger partial charge < -0.3 is 4.42 Å². The molecule has 0 saturated carbocycles. The van der Waals surface area contributed by atoms with Gasteiger partial charge in [-0.3, -0.25) is 13.9 Å². The van der Waals surface area contributed by atoms with E-state index in [1.54, 1.807) is 16.7 Å². The van der Waals surface area contributed by atoms with Gasteiger partial charge in [-0.2, -0.15) is 0 Å². The number of nitrogens with zero attached hydrogens (tertiary/aromatic N) is 2. The van der Waals surface area contributed by atoms with Crippen molar-refractivity contribution in [3.05, 3.63) is 91.8 Å². The van der Waals surface area contributed by atoms with E-state index < -0.39 is 0 Å². The van der Waals surface area contributed by atoms with E-state index in [4.69, 9.17) is 4.42 Å². The number of fused-ring (bicyclic) bond motifs is 1. The second kappa shape index (κ2) is 6.22. The zero-order valence-corrected chi connectivity index (χ0v) is 14.5. The minimum absolute atomic E-state index is 0.131. The lowest BCUT2D eigenvalue weighted by molar-refractivity contribution is 0.479. The van der Waals surface area contributed by atoms with Gasteiger partial charge in [0.05, 0.1) is 24.9 Å². The van der Waals surface area contributed by atoms with Crippen molar-refractivity contribution in [3.8, 4) is 0 Å². The van der Waals surface area contributed by atoms with Gasteiger partial charge >= 0.3 is 5.69 Å². The fourth-order valence-electron chi connectivity index (χ4n) is 2.98. The van der Waals surface area contributed by atoms with Crippen molar-refractivity contribution in [1.29, 1.82) is 0 Å². The summed E-state index contributed by atoms with van der Waals surface area (Å²) in [5, 5.41) is 1.84. The molecule has 0 atom stereocenters. The Hall–Kier alpha value is -2.86. The maximum Gasteiger partial charge on any atom is 0.332 e. The molecule has 0 unspecified atom stereocenters. The predicted molar refractivity (Wildman–Crippen MR) is 98.4 cm³/mol. The van der Waals surface area contributed by atoms with Crippen molar-refractivity contribution in [2.75, 3.05) is 0 Å². The zero-order chi connectivity index (χ0) is 17.4. The Labute approximate surface area is 147 Å². The topological polar surface area (TPSA) is 57.1 Å². The number of thiophene rings is 1. The van der Waals surface area contributed by atoms with E-state index >= 15 is 0 Å². The van der Waals surface area contributed by atoms with Crippen molar-refractivity contribution in [3.63, 3.8) is 0 Å². The highest BCUT2D eigenvalue weighted by Gasteiger charge is 2.15. The van der Waals surface area contributed by atoms with Crippen LogP contribution in [-0.4, -0.2) is 9.13 Å². The van der Waals surface area contributed by atoms with Crippen LogP contribution in [0.3, 0.4) is 0 Å². The molecule has 4 rings (SSSR count). The van der Waals surface area contributed by atoms with Crippen molar-refractivity contribution >= 4 is 21.6 Å². The fraction of sp³-hybridized carbons (Fsp3) is 0.158. The molecule has 0 aliphatic rings. The van der Waals surface area contributed by atoms with Gasteiger partial charge in [0.1, 0.15) is 10.5 Å². The summed E-state index contributed by atoms with van der Waals surface area (Å²) in [6.07, 6.45) is 1.54. The van der Waals surface area contributed by atoms with E-state index in [2.05, 4.69) is 0 Å². The first kappa shape index (κ1) is 15.7. The van der Waals surface area contributed by atoms with E-state index in [0.29, 0.717) is 22.5 Å². The Bertz CT molecular complexity index is 1150. The summed E-state index contributed by atoms with van der Waals surface area (Å²) in [5.74, 6) is 0.581. The SMILES string of the molecule is Cc1cccc(Cn2c(=O)n(Cc3ccco3)c(=O)c3sccc32)c1. The van der Waals surface area contributed by atoms with Crippen molar-refractivity contribution in [2.24, 2.45) is 0 Å². The highest BCUT2D eigenvalue weighted by molar-refractivity contribution is 7.17. The molecule has 0 N–H and O–H groups in total. The maximum absolute atomic E-state index is 13.0. The number of benzene rings is 1. The molecule has 0 fully saturated rings. The third kappa shape index (κ3) is 2.85. The number of aryl methyl sites for hydroxylation is 1. The van der Waals surface area contributed by atoms with Crippen molar-refractivity contribution < 1.29 is 4.42 Å². The number of furan rings is 1. The highest BCUT2D eigenvalue weighted by Crippen LogP contribution is 2.17. The third-order valence-electron chi connectivity index (χ3n) is 4.15. The predicted octanol–water partition coefficient (Wildman–Crippen LogP) is 3.22. The lowest BCUT2D eigenvalue weighted by atomic mass is 10.1. The molecule has 3 heterocycles. The normalized spacial score (nSPS) is 11.2. The Morgan fingerprint density at radius 2 is 1.92 bits per heavy atom. The van der Waals surface area contributed by atoms with Crippen LogP contribution in [0.15, 0.2) is 68.1 Å². The summed E-state index contributed by atoms with van der Waals surface area (Å²) >= 11 is 1.35. The van der Waals surface area contributed by atoms with Gasteiger partial charge in [0.25, 0.3) is 5.56 Å². The summed E-state index contributed by atoms with van der Waals surface area (Å²) in [7, 11) is 0. The average Bonchev–Trinajstić information content (AvgIpc) is 3.27. The second-order valence-electron chi connectivity index (χ2n) is 5.96. The largest absolute Gasteiger partial charge is 0.467 e. The number of hydrogen-bond acceptors (Lipinski definition) is 4. The molecule has 5 nitrogen and oxygen atoms in total. The third-order valence-corrected chi connectivity index (χ3v) is 5.05. The summed E-state index contributed by atoms with van der Waals surface area (Å²) in [6, 6.07) is 13.4. The van der Waals surface area contributed by atoms with E-state index in [9.17, 15) is 9.59 Å². The zero-order valence-electron chi connectivity index (χ0n) is 13.6. The first-order valence-corrected chi connectivity index (χ1v) is 8.80. The van der Waals surface area contributed by atoms with E-state index in [1.165, 1.54) is 22.2 Å². The maximum atomic E-state index is 13.0. The van der Waals surface area contributed by atoms with Gasteiger partial charge in [-0.05, 0) is 36.1 Å². The van der Waals surface area contributed by atoms with Gasteiger partial charge in [0.15, 0.2) is 0 Å². The molecule has 0 amide bonds. The second-order valence-corrected chi connectivity index (χ2v) is 6.88. The number of rotatable bonds is 4. The van der Waals surface area contributed by atoms with E-state index in [-0.39, 0.29) is 17.8 Å². The molecule has 0 aliphatic carbocycles. The van der Waals surface area contributed by atoms with Crippen molar-refractivity contribution in [1.82, 2.24) is 9.13 Å². The molecule has 0 spiro atoms. The molecule has 3 aromatic heterocycles. The van der Waals surface area contributed by atoms with Crippen molar-refractivity contribution in [2.45, 2.75) is 20.0 Å². The molecule has 1 aromatic carbocycles. The van der Waals surface area contributed by atoms with Gasteiger partial charge in [0, 0.05) is 0 Å². The Morgan fingerprint density at radius 1 is 1.04 bits per heavy atom. The van der Waals surface area contributed by atoms with Crippen LogP contribution in [0.4, 0.5) is 0 Å². The van der Waals surface area contributed by atoms with Crippen LogP contribution in [-0.2, 0) is 13.1 Å². The summed E-state index contributed by atoms with van der Waals surface area (Å²) in [5.41, 5.74) is 2.24. The lowest BCUT2D eigenvalue weighted by Crippen LogP contribution is -2.40. The Morgan fingerprint density at radius 3 is 2.68 bits per heavy atom. The lowest BCUT2D eigenvalue weighted by Gasteiger charge is -2.12. The summed E-state index contributed by atoms with van der Waals surface area (Å²) in [6.45, 7) is 2.57. The molecule has 0 saturated heterocycles. The average molecular weight is 352 g/mol. The van der Waals surface area contributed by atoms with E-state index in [0.717, 1.165) is 11.1 Å². The van der Waals surface area contributed by atoms with Crippen LogP contribution in [0.25, 0.3) is 10.2 Å². The quantitative estimate of drug-likeness (QED) is 0.567. The fourth-order valence-corrected chi connectivity index (χ4v) is 3.82. The molecule has 4 aromatic rings. The minimum atomic E-state index is -0.325. The molecule has 6 heteroatoms. The van der Waals surface area contributed by atoms with Gasteiger partial charge in [0.2, 0.25) is 0 Å². The molecular formula is C19H16N2O3S. The van der Waals surface area contributed by atoms with Crippen LogP contribution >= 0.6 is 11.3 Å². The van der Waals surface area contributed by atoms with Gasteiger partial charge in [-0.1, -0.05) is 29.8 Å². The van der Waals surface area contributed by atoms with Crippen LogP contribution < -0.4 is 11.2 Å². The van der Waals surface area contributed by atoms with Crippen LogP contribution in [0, 0.1) is 6.92 Å². The standard InChI is InChI=1S/C19H16N2O3S/c1-13-4-2-5-14(10-13)11-20-16-7-9-25-17(16)18(22)21(19(20)23)12-15-6-3-8-24-15/h2-10H,11-12H2,1H3. The smallest absolute Gasteiger partial charge is 0.332 e. The van der Waals surface area contributed by atoms with Crippen LogP contribution in [0.1, 0.15) is 16.9 Å². The number of aromatic nitrogens is 2. The minimum Gasteiger partial charge on any atom is -0.467 e. The first-order valence-electron chi connectivity index (χ1n) is 7.92. The number of hydrogen-bond donors (Lipinski definition) is 0. The molecule has 25 heavy (non-hydrogen) atoms. The molecule has 0 bridgehead atoms. The van der Waals surface area contributed by atoms with Crippen LogP contribution in [0.2, 0.25) is 0 Å².